The van der Waals surface area contributed by atoms with E-state index in [4.69, 9.17) is 0 Å². The van der Waals surface area contributed by atoms with E-state index in [-0.39, 0.29) is 5.78 Å². The second-order valence-electron chi connectivity index (χ2n) is 3.13. The lowest BCUT2D eigenvalue weighted by atomic mass is 10.1. The van der Waals surface area contributed by atoms with Gasteiger partial charge in [-0.25, -0.2) is 0 Å². The molecule has 0 aromatic rings. The van der Waals surface area contributed by atoms with E-state index in [9.17, 15) is 9.36 Å². The summed E-state index contributed by atoms with van der Waals surface area (Å²) in [7, 11) is -0.335. The monoisotopic (exact) mass is 177 g/mol. The van der Waals surface area contributed by atoms with Crippen molar-refractivity contribution in [3.8, 4) is 0 Å². The van der Waals surface area contributed by atoms with Crippen LogP contribution in [0.25, 0.3) is 0 Å². The van der Waals surface area contributed by atoms with E-state index in [1.807, 2.05) is 0 Å². The van der Waals surface area contributed by atoms with Crippen molar-refractivity contribution in [2.75, 3.05) is 7.11 Å². The molecule has 0 heterocycles. The molecule has 0 amide bonds. The molecule has 3 nitrogen and oxygen atoms in total. The first-order valence-electron chi connectivity index (χ1n) is 3.41. The zero-order chi connectivity index (χ0) is 9.07. The van der Waals surface area contributed by atoms with Crippen molar-refractivity contribution in [2.24, 2.45) is 0 Å². The number of Topliss-reactive ketones (excluding diaryl/α,β-unsaturated/α-hetero) is 1. The summed E-state index contributed by atoms with van der Waals surface area (Å²) < 4.78 is 15.8. The molecule has 0 saturated carbocycles. The zero-order valence-corrected chi connectivity index (χ0v) is 8.27. The van der Waals surface area contributed by atoms with Gasteiger partial charge in [0.15, 0.2) is 5.16 Å². The average molecular weight is 177 g/mol. The third kappa shape index (κ3) is 3.59. The van der Waals surface area contributed by atoms with Crippen LogP contribution in [-0.4, -0.2) is 18.0 Å². The topological polar surface area (TPSA) is 43.4 Å². The Morgan fingerprint density at radius 1 is 1.55 bits per heavy atom. The summed E-state index contributed by atoms with van der Waals surface area (Å²) in [6, 6.07) is 0. The van der Waals surface area contributed by atoms with Crippen LogP contribution in [-0.2, 0) is 13.9 Å². The Balaban J connectivity index is 4.21. The molecule has 1 atom stereocenters. The maximum Gasteiger partial charge on any atom is 0.514 e. The molecule has 0 aromatic heterocycles. The number of hydrogen-bond acceptors (Lipinski definition) is 3. The van der Waals surface area contributed by atoms with Crippen LogP contribution in [0.15, 0.2) is 0 Å². The van der Waals surface area contributed by atoms with Gasteiger partial charge in [0.2, 0.25) is 0 Å². The van der Waals surface area contributed by atoms with Crippen LogP contribution >= 0.6 is 8.03 Å². The van der Waals surface area contributed by atoms with E-state index in [0.717, 1.165) is 0 Å². The van der Waals surface area contributed by atoms with Crippen molar-refractivity contribution in [1.82, 2.24) is 0 Å². The Morgan fingerprint density at radius 2 is 2.00 bits per heavy atom. The lowest BCUT2D eigenvalue weighted by Crippen LogP contribution is -2.18. The quantitative estimate of drug-likeness (QED) is 0.618. The van der Waals surface area contributed by atoms with Gasteiger partial charge in [-0.3, -0.25) is 4.79 Å². The van der Waals surface area contributed by atoms with Crippen LogP contribution in [0.1, 0.15) is 27.2 Å². The second-order valence-corrected chi connectivity index (χ2v) is 5.22. The first-order valence-corrected chi connectivity index (χ1v) is 4.59. The lowest BCUT2D eigenvalue weighted by Gasteiger charge is -2.07. The molecule has 0 bridgehead atoms. The number of ketones is 1. The van der Waals surface area contributed by atoms with Crippen LogP contribution in [0.2, 0.25) is 0 Å². The van der Waals surface area contributed by atoms with Gasteiger partial charge >= 0.3 is 8.03 Å². The molecule has 0 fully saturated rings. The summed E-state index contributed by atoms with van der Waals surface area (Å²) in [6.07, 6.45) is 0.302. The number of rotatable bonds is 4. The molecule has 0 radical (unpaired) electrons. The zero-order valence-electron chi connectivity index (χ0n) is 7.38. The smallest absolute Gasteiger partial charge is 0.300 e. The summed E-state index contributed by atoms with van der Waals surface area (Å²) in [4.78, 5) is 10.7. The molecule has 4 heteroatoms. The summed E-state index contributed by atoms with van der Waals surface area (Å²) in [5.74, 6) is 0.0374. The Morgan fingerprint density at radius 3 is 2.27 bits per heavy atom. The summed E-state index contributed by atoms with van der Waals surface area (Å²) in [6.45, 7) is 5.01. The molecule has 0 aliphatic heterocycles. The Labute approximate surface area is 68.0 Å². The summed E-state index contributed by atoms with van der Waals surface area (Å²) in [5.41, 5.74) is 0. The Bertz CT molecular complexity index is 175. The van der Waals surface area contributed by atoms with E-state index in [1.54, 1.807) is 13.8 Å². The first kappa shape index (κ1) is 10.7. The van der Waals surface area contributed by atoms with Gasteiger partial charge in [-0.1, -0.05) is 0 Å². The molecule has 0 rings (SSSR count). The fraction of sp³-hybridized carbons (Fsp3) is 0.857. The third-order valence-electron chi connectivity index (χ3n) is 1.34. The van der Waals surface area contributed by atoms with Crippen LogP contribution in [0.3, 0.4) is 0 Å². The second kappa shape index (κ2) is 3.93. The highest BCUT2D eigenvalue weighted by atomic mass is 31.1. The number of carbonyl (C=O) groups excluding carboxylic acids is 1. The molecule has 64 valence electrons. The maximum atomic E-state index is 11.1. The first-order chi connectivity index (χ1) is 4.90. The third-order valence-corrected chi connectivity index (χ3v) is 2.82. The molecule has 1 unspecified atom stereocenters. The SMILES string of the molecule is CO[P+](=O)C(C)(C)CC(C)=O. The van der Waals surface area contributed by atoms with E-state index >= 15 is 0 Å². The van der Waals surface area contributed by atoms with Gasteiger partial charge in [0, 0.05) is 0 Å². The van der Waals surface area contributed by atoms with E-state index in [0.29, 0.717) is 6.42 Å². The molecule has 0 aliphatic carbocycles. The van der Waals surface area contributed by atoms with Crippen LogP contribution < -0.4 is 0 Å². The Hall–Kier alpha value is -0.270. The van der Waals surface area contributed by atoms with Gasteiger partial charge in [0.1, 0.15) is 5.78 Å². The van der Waals surface area contributed by atoms with Crippen molar-refractivity contribution in [3.05, 3.63) is 0 Å². The highest BCUT2D eigenvalue weighted by Gasteiger charge is 2.42. The van der Waals surface area contributed by atoms with Gasteiger partial charge in [-0.15, -0.1) is 4.52 Å². The average Bonchev–Trinajstić information content (AvgIpc) is 1.83. The Kier molecular flexibility index (Phi) is 3.84. The molecular formula is C7H14O3P+. The van der Waals surface area contributed by atoms with Crippen molar-refractivity contribution >= 4 is 13.8 Å². The lowest BCUT2D eigenvalue weighted by molar-refractivity contribution is -0.117. The fourth-order valence-corrected chi connectivity index (χ4v) is 1.77. The summed E-state index contributed by atoms with van der Waals surface area (Å²) >= 11 is 0. The molecular weight excluding hydrogens is 163 g/mol. The van der Waals surface area contributed by atoms with Gasteiger partial charge in [-0.05, 0) is 25.3 Å². The molecule has 0 saturated heterocycles. The van der Waals surface area contributed by atoms with Crippen LogP contribution in [0.5, 0.6) is 0 Å². The molecule has 0 spiro atoms. The minimum atomic E-state index is -1.72. The predicted octanol–water partition coefficient (Wildman–Crippen LogP) is 2.13. The van der Waals surface area contributed by atoms with E-state index < -0.39 is 13.2 Å². The number of hydrogen-bond donors (Lipinski definition) is 0. The molecule has 0 aliphatic rings. The van der Waals surface area contributed by atoms with Gasteiger partial charge < -0.3 is 0 Å². The van der Waals surface area contributed by atoms with Gasteiger partial charge in [0.05, 0.1) is 13.5 Å². The highest BCUT2D eigenvalue weighted by molar-refractivity contribution is 7.41. The predicted molar refractivity (Wildman–Crippen MR) is 44.0 cm³/mol. The minimum absolute atomic E-state index is 0.0374. The van der Waals surface area contributed by atoms with Crippen molar-refractivity contribution < 1.29 is 13.9 Å². The van der Waals surface area contributed by atoms with Crippen LogP contribution in [0.4, 0.5) is 0 Å². The van der Waals surface area contributed by atoms with Crippen molar-refractivity contribution in [1.29, 1.82) is 0 Å². The fourth-order valence-electron chi connectivity index (χ4n) is 0.921. The van der Waals surface area contributed by atoms with E-state index in [2.05, 4.69) is 4.52 Å². The standard InChI is InChI=1S/C7H14O3P/c1-6(8)5-7(2,3)11(9)10-4/h5H2,1-4H3/q+1. The molecule has 0 N–H and O–H groups in total. The van der Waals surface area contributed by atoms with Crippen molar-refractivity contribution in [3.63, 3.8) is 0 Å². The molecule has 0 aromatic carbocycles. The van der Waals surface area contributed by atoms with Crippen LogP contribution in [0, 0.1) is 0 Å². The largest absolute Gasteiger partial charge is 0.514 e. The summed E-state index contributed by atoms with van der Waals surface area (Å²) in [5, 5.41) is -0.532. The number of carbonyl (C=O) groups is 1. The van der Waals surface area contributed by atoms with Crippen molar-refractivity contribution in [2.45, 2.75) is 32.3 Å². The van der Waals surface area contributed by atoms with E-state index in [1.165, 1.54) is 14.0 Å². The normalized spacial score (nSPS) is 12.9. The minimum Gasteiger partial charge on any atom is -0.300 e. The highest BCUT2D eigenvalue weighted by Crippen LogP contribution is 2.41. The van der Waals surface area contributed by atoms with Gasteiger partial charge in [-0.2, -0.15) is 0 Å². The maximum absolute atomic E-state index is 11.1. The molecule has 11 heavy (non-hydrogen) atoms. The van der Waals surface area contributed by atoms with Gasteiger partial charge in [0.25, 0.3) is 0 Å².